The smallest absolute Gasteiger partial charge is 0.200 e. The second kappa shape index (κ2) is 8.12. The zero-order valence-corrected chi connectivity index (χ0v) is 17.1. The van der Waals surface area contributed by atoms with Crippen molar-refractivity contribution in [2.24, 2.45) is 17.0 Å². The molecule has 29 heavy (non-hydrogen) atoms. The normalized spacial score (nSPS) is 22.7. The maximum atomic E-state index is 8.98. The zero-order chi connectivity index (χ0) is 20.4. The lowest BCUT2D eigenvalue weighted by molar-refractivity contribution is 0.0984. The number of hydrogen-bond donors (Lipinski definition) is 0. The molecule has 2 aromatic rings. The summed E-state index contributed by atoms with van der Waals surface area (Å²) in [5.41, 5.74) is 2.56. The van der Waals surface area contributed by atoms with Crippen LogP contribution in [-0.4, -0.2) is 29.9 Å². The number of benzene rings is 1. The predicted molar refractivity (Wildman–Crippen MR) is 112 cm³/mol. The third-order valence-corrected chi connectivity index (χ3v) is 5.64. The van der Waals surface area contributed by atoms with Crippen molar-refractivity contribution in [2.75, 3.05) is 18.0 Å². The molecule has 0 radical (unpaired) electrons. The first-order valence-electron chi connectivity index (χ1n) is 10.1. The standard InChI is InChI=1S/C23H26N4O2/c1-15(2)26-29-21-10-16(3)4-8-20(21)28-23-18-6-7-19(23)14-27(13-18)22-9-5-17(11-24)12-25-22/h4-5,8-10,12,18-19,23H,6-7,13-14H2,1-3H3/t18-,19+,23-. The topological polar surface area (TPSA) is 70.7 Å². The van der Waals surface area contributed by atoms with Crippen LogP contribution >= 0.6 is 0 Å². The van der Waals surface area contributed by atoms with E-state index in [0.717, 1.165) is 48.8 Å². The number of nitrogens with zero attached hydrogens (tertiary/aromatic N) is 4. The van der Waals surface area contributed by atoms with Crippen molar-refractivity contribution in [1.82, 2.24) is 4.98 Å². The van der Waals surface area contributed by atoms with E-state index in [1.165, 1.54) is 0 Å². The summed E-state index contributed by atoms with van der Waals surface area (Å²) >= 11 is 0. The summed E-state index contributed by atoms with van der Waals surface area (Å²) in [5.74, 6) is 3.24. The molecule has 3 atom stereocenters. The molecule has 2 bridgehead atoms. The fraction of sp³-hybridized carbons (Fsp3) is 0.435. The molecular weight excluding hydrogens is 364 g/mol. The predicted octanol–water partition coefficient (Wildman–Crippen LogP) is 4.33. The Morgan fingerprint density at radius 2 is 1.90 bits per heavy atom. The lowest BCUT2D eigenvalue weighted by Crippen LogP contribution is -2.47. The molecule has 1 aromatic heterocycles. The SMILES string of the molecule is CC(C)=NOc1cc(C)ccc1O[C@@H]1[C@@H]2CC[C@H]1CN(c1ccc(C#N)cn1)C2. The molecule has 1 saturated carbocycles. The maximum Gasteiger partial charge on any atom is 0.200 e. The molecule has 0 unspecified atom stereocenters. The Hall–Kier alpha value is -3.07. The van der Waals surface area contributed by atoms with E-state index in [1.54, 1.807) is 6.20 Å². The van der Waals surface area contributed by atoms with E-state index in [9.17, 15) is 0 Å². The Balaban J connectivity index is 1.49. The Kier molecular flexibility index (Phi) is 5.39. The average Bonchev–Trinajstić information content (AvgIpc) is 2.95. The maximum absolute atomic E-state index is 8.98. The van der Waals surface area contributed by atoms with Crippen LogP contribution in [0.15, 0.2) is 41.7 Å². The first kappa shape index (κ1) is 19.3. The summed E-state index contributed by atoms with van der Waals surface area (Å²) in [6, 6.07) is 11.9. The number of anilines is 1. The van der Waals surface area contributed by atoms with Gasteiger partial charge in [-0.3, -0.25) is 0 Å². The number of aryl methyl sites for hydroxylation is 1. The van der Waals surface area contributed by atoms with Gasteiger partial charge in [0.25, 0.3) is 0 Å². The number of piperidine rings is 1. The van der Waals surface area contributed by atoms with E-state index in [4.69, 9.17) is 14.8 Å². The molecular formula is C23H26N4O2. The van der Waals surface area contributed by atoms with Crippen LogP contribution in [-0.2, 0) is 0 Å². The van der Waals surface area contributed by atoms with Crippen molar-refractivity contribution in [2.45, 2.75) is 39.7 Å². The summed E-state index contributed by atoms with van der Waals surface area (Å²) in [6.07, 6.45) is 4.11. The second-order valence-electron chi connectivity index (χ2n) is 8.18. The molecule has 1 saturated heterocycles. The molecule has 6 nitrogen and oxygen atoms in total. The summed E-state index contributed by atoms with van der Waals surface area (Å²) in [7, 11) is 0. The van der Waals surface area contributed by atoms with Crippen LogP contribution in [0.5, 0.6) is 11.5 Å². The Labute approximate surface area is 171 Å². The second-order valence-corrected chi connectivity index (χ2v) is 8.18. The summed E-state index contributed by atoms with van der Waals surface area (Å²) < 4.78 is 6.50. The van der Waals surface area contributed by atoms with E-state index in [1.807, 2.05) is 51.1 Å². The van der Waals surface area contributed by atoms with Crippen LogP contribution < -0.4 is 14.5 Å². The van der Waals surface area contributed by atoms with Crippen molar-refractivity contribution in [3.05, 3.63) is 47.7 Å². The van der Waals surface area contributed by atoms with Crippen molar-refractivity contribution >= 4 is 11.5 Å². The van der Waals surface area contributed by atoms with E-state index in [-0.39, 0.29) is 6.10 Å². The minimum absolute atomic E-state index is 0.168. The number of hydrogen-bond acceptors (Lipinski definition) is 6. The van der Waals surface area contributed by atoms with Crippen molar-refractivity contribution in [3.63, 3.8) is 0 Å². The number of rotatable bonds is 5. The lowest BCUT2D eigenvalue weighted by atomic mass is 9.94. The zero-order valence-electron chi connectivity index (χ0n) is 17.1. The van der Waals surface area contributed by atoms with Gasteiger partial charge >= 0.3 is 0 Å². The quantitative estimate of drug-likeness (QED) is 0.561. The average molecular weight is 390 g/mol. The molecule has 4 rings (SSSR count). The van der Waals surface area contributed by atoms with Gasteiger partial charge in [-0.25, -0.2) is 4.98 Å². The van der Waals surface area contributed by atoms with Gasteiger partial charge in [-0.05, 0) is 63.4 Å². The van der Waals surface area contributed by atoms with E-state index in [2.05, 4.69) is 21.1 Å². The van der Waals surface area contributed by atoms with Crippen LogP contribution in [0, 0.1) is 30.1 Å². The number of aromatic nitrogens is 1. The van der Waals surface area contributed by atoms with Crippen LogP contribution in [0.3, 0.4) is 0 Å². The lowest BCUT2D eigenvalue weighted by Gasteiger charge is -2.38. The molecule has 2 fully saturated rings. The number of oxime groups is 1. The molecule has 2 heterocycles. The minimum atomic E-state index is 0.168. The Bertz CT molecular complexity index is 930. The van der Waals surface area contributed by atoms with E-state index >= 15 is 0 Å². The summed E-state index contributed by atoms with van der Waals surface area (Å²) in [5, 5.41) is 13.1. The first-order chi connectivity index (χ1) is 14.0. The monoisotopic (exact) mass is 390 g/mol. The van der Waals surface area contributed by atoms with Gasteiger partial charge in [0.15, 0.2) is 11.5 Å². The van der Waals surface area contributed by atoms with Gasteiger partial charge in [-0.15, -0.1) is 0 Å². The molecule has 0 amide bonds. The fourth-order valence-corrected chi connectivity index (χ4v) is 4.26. The first-order valence-corrected chi connectivity index (χ1v) is 10.1. The molecule has 0 N–H and O–H groups in total. The van der Waals surface area contributed by atoms with Gasteiger partial charge in [0.05, 0.1) is 11.3 Å². The van der Waals surface area contributed by atoms with Crippen molar-refractivity contribution < 1.29 is 9.57 Å². The number of fused-ring (bicyclic) bond motifs is 2. The summed E-state index contributed by atoms with van der Waals surface area (Å²) in [4.78, 5) is 12.4. The van der Waals surface area contributed by atoms with Crippen LogP contribution in [0.25, 0.3) is 0 Å². The molecule has 150 valence electrons. The Morgan fingerprint density at radius 3 is 2.52 bits per heavy atom. The fourth-order valence-electron chi connectivity index (χ4n) is 4.26. The third-order valence-electron chi connectivity index (χ3n) is 5.64. The van der Waals surface area contributed by atoms with Crippen LogP contribution in [0.2, 0.25) is 0 Å². The molecule has 2 aliphatic rings. The Morgan fingerprint density at radius 1 is 1.14 bits per heavy atom. The molecule has 6 heteroatoms. The highest BCUT2D eigenvalue weighted by Gasteiger charge is 2.44. The number of nitriles is 1. The van der Waals surface area contributed by atoms with Crippen molar-refractivity contribution in [3.8, 4) is 17.6 Å². The highest BCUT2D eigenvalue weighted by molar-refractivity contribution is 5.78. The molecule has 1 aliphatic carbocycles. The third kappa shape index (κ3) is 4.19. The van der Waals surface area contributed by atoms with Gasteiger partial charge in [0, 0.05) is 31.1 Å². The van der Waals surface area contributed by atoms with Gasteiger partial charge in [-0.2, -0.15) is 5.26 Å². The number of ether oxygens (including phenoxy) is 1. The molecule has 1 aromatic carbocycles. The van der Waals surface area contributed by atoms with Gasteiger partial charge in [-0.1, -0.05) is 11.2 Å². The highest BCUT2D eigenvalue weighted by Crippen LogP contribution is 2.42. The van der Waals surface area contributed by atoms with E-state index in [0.29, 0.717) is 23.1 Å². The largest absolute Gasteiger partial charge is 0.486 e. The van der Waals surface area contributed by atoms with Crippen LogP contribution in [0.4, 0.5) is 5.82 Å². The highest BCUT2D eigenvalue weighted by atomic mass is 16.6. The van der Waals surface area contributed by atoms with Crippen molar-refractivity contribution in [1.29, 1.82) is 5.26 Å². The van der Waals surface area contributed by atoms with Gasteiger partial charge < -0.3 is 14.5 Å². The minimum Gasteiger partial charge on any atom is -0.486 e. The number of pyridine rings is 1. The molecule has 0 spiro atoms. The van der Waals surface area contributed by atoms with Gasteiger partial charge in [0.2, 0.25) is 0 Å². The summed E-state index contributed by atoms with van der Waals surface area (Å²) in [6.45, 7) is 7.67. The molecule has 1 aliphatic heterocycles. The van der Waals surface area contributed by atoms with Gasteiger partial charge in [0.1, 0.15) is 18.0 Å². The van der Waals surface area contributed by atoms with Crippen LogP contribution in [0.1, 0.15) is 37.8 Å². The van der Waals surface area contributed by atoms with E-state index < -0.39 is 0 Å².